The largest absolute Gasteiger partial charge is 0.0713 e. The van der Waals surface area contributed by atoms with Crippen LogP contribution in [0, 0.1) is 0 Å². The molecule has 0 spiro atoms. The highest BCUT2D eigenvalue weighted by Gasteiger charge is 2.45. The summed E-state index contributed by atoms with van der Waals surface area (Å²) in [5, 5.41) is 0. The Bertz CT molecular complexity index is 1570. The van der Waals surface area contributed by atoms with E-state index in [1.54, 1.807) is 0 Å². The molecule has 0 aromatic heterocycles. The SMILES string of the molecule is CC(C)(C)c1ccc(-c2ccc(C3(c4ccc(C(C)(C)C)cc4)c4ccccc4-c4ccccc43)cc2)cc1. The fourth-order valence-electron chi connectivity index (χ4n) is 6.32. The molecule has 0 N–H and O–H groups in total. The van der Waals surface area contributed by atoms with Crippen LogP contribution in [0.4, 0.5) is 0 Å². The Morgan fingerprint density at radius 1 is 0.385 bits per heavy atom. The van der Waals surface area contributed by atoms with Gasteiger partial charge in [0.15, 0.2) is 0 Å². The predicted octanol–water partition coefficient (Wildman–Crippen LogP) is 10.3. The highest BCUT2D eigenvalue weighted by Crippen LogP contribution is 2.56. The zero-order valence-corrected chi connectivity index (χ0v) is 24.0. The van der Waals surface area contributed by atoms with Crippen LogP contribution in [-0.2, 0) is 16.2 Å². The monoisotopic (exact) mass is 506 g/mol. The van der Waals surface area contributed by atoms with Gasteiger partial charge in [-0.3, -0.25) is 0 Å². The van der Waals surface area contributed by atoms with E-state index in [1.807, 2.05) is 0 Å². The third-order valence-electron chi connectivity index (χ3n) is 8.54. The Labute approximate surface area is 234 Å². The van der Waals surface area contributed by atoms with Crippen LogP contribution in [0.2, 0.25) is 0 Å². The summed E-state index contributed by atoms with van der Waals surface area (Å²) >= 11 is 0. The van der Waals surface area contributed by atoms with Crippen LogP contribution in [0.25, 0.3) is 22.3 Å². The number of rotatable bonds is 3. The smallest absolute Gasteiger partial charge is 0.0619 e. The maximum absolute atomic E-state index is 2.36. The molecule has 0 heterocycles. The standard InChI is InChI=1S/C39H38/c1-37(2,3)29-19-15-27(16-20-29)28-17-21-31(22-18-28)39(32-25-23-30(24-26-32)38(4,5)6)35-13-9-7-11-33(35)34-12-8-10-14-36(34)39/h7-26H,1-6H3. The average molecular weight is 507 g/mol. The first-order valence-corrected chi connectivity index (χ1v) is 14.1. The number of hydrogen-bond acceptors (Lipinski definition) is 0. The molecule has 39 heavy (non-hydrogen) atoms. The highest BCUT2D eigenvalue weighted by atomic mass is 14.5. The Kier molecular flexibility index (Phi) is 5.92. The molecule has 0 nitrogen and oxygen atoms in total. The first-order chi connectivity index (χ1) is 18.6. The van der Waals surface area contributed by atoms with Crippen LogP contribution in [0.3, 0.4) is 0 Å². The van der Waals surface area contributed by atoms with E-state index in [2.05, 4.69) is 163 Å². The van der Waals surface area contributed by atoms with E-state index in [1.165, 1.54) is 55.6 Å². The molecule has 0 saturated heterocycles. The van der Waals surface area contributed by atoms with Gasteiger partial charge < -0.3 is 0 Å². The summed E-state index contributed by atoms with van der Waals surface area (Å²) in [5.74, 6) is 0. The molecule has 5 aromatic rings. The van der Waals surface area contributed by atoms with Crippen molar-refractivity contribution >= 4 is 0 Å². The molecule has 0 atom stereocenters. The van der Waals surface area contributed by atoms with Gasteiger partial charge in [0.25, 0.3) is 0 Å². The molecule has 0 saturated carbocycles. The van der Waals surface area contributed by atoms with Crippen molar-refractivity contribution in [3.63, 3.8) is 0 Å². The van der Waals surface area contributed by atoms with Gasteiger partial charge >= 0.3 is 0 Å². The van der Waals surface area contributed by atoms with E-state index in [9.17, 15) is 0 Å². The van der Waals surface area contributed by atoms with E-state index >= 15 is 0 Å². The Morgan fingerprint density at radius 3 is 1.13 bits per heavy atom. The lowest BCUT2D eigenvalue weighted by Crippen LogP contribution is -2.28. The van der Waals surface area contributed by atoms with Gasteiger partial charge in [-0.25, -0.2) is 0 Å². The van der Waals surface area contributed by atoms with E-state index in [-0.39, 0.29) is 16.2 Å². The number of benzene rings is 5. The molecular weight excluding hydrogens is 468 g/mol. The molecule has 0 radical (unpaired) electrons. The number of fused-ring (bicyclic) bond motifs is 3. The Balaban J connectivity index is 1.54. The van der Waals surface area contributed by atoms with Crippen LogP contribution >= 0.6 is 0 Å². The zero-order chi connectivity index (χ0) is 27.4. The van der Waals surface area contributed by atoms with Crippen molar-refractivity contribution in [2.24, 2.45) is 0 Å². The first kappa shape index (κ1) is 25.4. The van der Waals surface area contributed by atoms with Crippen molar-refractivity contribution in [1.29, 1.82) is 0 Å². The summed E-state index contributed by atoms with van der Waals surface area (Å²) in [6, 6.07) is 45.7. The van der Waals surface area contributed by atoms with Crippen LogP contribution in [0.5, 0.6) is 0 Å². The van der Waals surface area contributed by atoms with Crippen molar-refractivity contribution in [3.05, 3.63) is 155 Å². The fourth-order valence-corrected chi connectivity index (χ4v) is 6.32. The third kappa shape index (κ3) is 4.14. The molecule has 0 fully saturated rings. The lowest BCUT2D eigenvalue weighted by Gasteiger charge is -2.34. The van der Waals surface area contributed by atoms with Crippen molar-refractivity contribution in [2.45, 2.75) is 57.8 Å². The summed E-state index contributed by atoms with van der Waals surface area (Å²) in [5.41, 5.74) is 13.1. The molecule has 0 amide bonds. The number of hydrogen-bond donors (Lipinski definition) is 0. The van der Waals surface area contributed by atoms with Gasteiger partial charge in [0.1, 0.15) is 0 Å². The van der Waals surface area contributed by atoms with Gasteiger partial charge in [-0.15, -0.1) is 0 Å². The first-order valence-electron chi connectivity index (χ1n) is 14.1. The van der Waals surface area contributed by atoms with E-state index in [0.717, 1.165) is 0 Å². The van der Waals surface area contributed by atoms with E-state index in [0.29, 0.717) is 0 Å². The summed E-state index contributed by atoms with van der Waals surface area (Å²) in [4.78, 5) is 0. The van der Waals surface area contributed by atoms with Gasteiger partial charge in [-0.1, -0.05) is 163 Å². The molecule has 5 aromatic carbocycles. The molecule has 0 heteroatoms. The molecule has 6 rings (SSSR count). The molecule has 0 unspecified atom stereocenters. The topological polar surface area (TPSA) is 0 Å². The van der Waals surface area contributed by atoms with Crippen molar-refractivity contribution < 1.29 is 0 Å². The molecular formula is C39H38. The highest BCUT2D eigenvalue weighted by molar-refractivity contribution is 5.86. The predicted molar refractivity (Wildman–Crippen MR) is 167 cm³/mol. The quantitative estimate of drug-likeness (QED) is 0.224. The van der Waals surface area contributed by atoms with Gasteiger partial charge in [0.05, 0.1) is 5.41 Å². The maximum Gasteiger partial charge on any atom is 0.0713 e. The third-order valence-corrected chi connectivity index (χ3v) is 8.54. The lowest BCUT2D eigenvalue weighted by atomic mass is 9.67. The normalized spacial score (nSPS) is 14.1. The molecule has 194 valence electrons. The molecule has 1 aliphatic rings. The Morgan fingerprint density at radius 2 is 0.718 bits per heavy atom. The minimum Gasteiger partial charge on any atom is -0.0619 e. The minimum absolute atomic E-state index is 0.112. The van der Waals surface area contributed by atoms with E-state index in [4.69, 9.17) is 0 Å². The zero-order valence-electron chi connectivity index (χ0n) is 24.0. The summed E-state index contributed by atoms with van der Waals surface area (Å²) in [6.07, 6.45) is 0. The lowest BCUT2D eigenvalue weighted by molar-refractivity contribution is 0.589. The van der Waals surface area contributed by atoms with Gasteiger partial charge in [-0.2, -0.15) is 0 Å². The van der Waals surface area contributed by atoms with Gasteiger partial charge in [0.2, 0.25) is 0 Å². The van der Waals surface area contributed by atoms with Crippen LogP contribution in [-0.4, -0.2) is 0 Å². The van der Waals surface area contributed by atoms with E-state index < -0.39 is 0 Å². The summed E-state index contributed by atoms with van der Waals surface area (Å²) in [7, 11) is 0. The second-order valence-corrected chi connectivity index (χ2v) is 13.1. The summed E-state index contributed by atoms with van der Waals surface area (Å²) in [6.45, 7) is 13.6. The van der Waals surface area contributed by atoms with Crippen molar-refractivity contribution in [2.75, 3.05) is 0 Å². The van der Waals surface area contributed by atoms with Crippen LogP contribution < -0.4 is 0 Å². The Hall–Kier alpha value is -3.90. The average Bonchev–Trinajstić information content (AvgIpc) is 3.24. The van der Waals surface area contributed by atoms with Gasteiger partial charge in [0, 0.05) is 0 Å². The summed E-state index contributed by atoms with van der Waals surface area (Å²) < 4.78 is 0. The maximum atomic E-state index is 2.36. The fraction of sp³-hybridized carbons (Fsp3) is 0.231. The van der Waals surface area contributed by atoms with Crippen molar-refractivity contribution in [1.82, 2.24) is 0 Å². The molecule has 0 aliphatic heterocycles. The van der Waals surface area contributed by atoms with Gasteiger partial charge in [-0.05, 0) is 66.5 Å². The van der Waals surface area contributed by atoms with Crippen LogP contribution in [0.15, 0.2) is 121 Å². The molecule has 0 bridgehead atoms. The minimum atomic E-state index is -0.363. The second-order valence-electron chi connectivity index (χ2n) is 13.1. The van der Waals surface area contributed by atoms with Crippen molar-refractivity contribution in [3.8, 4) is 22.3 Å². The second kappa shape index (κ2) is 9.09. The van der Waals surface area contributed by atoms with Crippen LogP contribution in [0.1, 0.15) is 74.9 Å². The molecule has 1 aliphatic carbocycles.